The highest BCUT2D eigenvalue weighted by atomic mass is 16.5. The molecule has 0 saturated heterocycles. The third kappa shape index (κ3) is 4.64. The molecule has 3 nitrogen and oxygen atoms in total. The average Bonchev–Trinajstić information content (AvgIpc) is 2.40. The monoisotopic (exact) mass is 230 g/mol. The van der Waals surface area contributed by atoms with E-state index in [0.717, 1.165) is 11.3 Å². The molecule has 0 amide bonds. The molecule has 0 spiro atoms. The lowest BCUT2D eigenvalue weighted by Gasteiger charge is -2.04. The van der Waals surface area contributed by atoms with Gasteiger partial charge in [-0.2, -0.15) is 0 Å². The first-order chi connectivity index (χ1) is 8.34. The van der Waals surface area contributed by atoms with E-state index in [-0.39, 0.29) is 0 Å². The van der Waals surface area contributed by atoms with Crippen LogP contribution in [0.1, 0.15) is 25.1 Å². The smallest absolute Gasteiger partial charge is 0.216 e. The summed E-state index contributed by atoms with van der Waals surface area (Å²) < 4.78 is 5.52. The van der Waals surface area contributed by atoms with Crippen LogP contribution < -0.4 is 4.74 Å². The van der Waals surface area contributed by atoms with E-state index in [0.29, 0.717) is 12.5 Å². The van der Waals surface area contributed by atoms with Crippen LogP contribution in [-0.2, 0) is 6.61 Å². The SMILES string of the molecule is CC.Cc1cc(OCc2ccccc2)ncn1. The third-order valence-electron chi connectivity index (χ3n) is 2.01. The van der Waals surface area contributed by atoms with E-state index >= 15 is 0 Å². The van der Waals surface area contributed by atoms with Crippen LogP contribution in [0.15, 0.2) is 42.7 Å². The summed E-state index contributed by atoms with van der Waals surface area (Å²) in [7, 11) is 0. The molecular weight excluding hydrogens is 212 g/mol. The van der Waals surface area contributed by atoms with E-state index in [1.165, 1.54) is 6.33 Å². The normalized spacial score (nSPS) is 9.12. The van der Waals surface area contributed by atoms with Crippen LogP contribution in [-0.4, -0.2) is 9.97 Å². The largest absolute Gasteiger partial charge is 0.473 e. The van der Waals surface area contributed by atoms with Gasteiger partial charge in [0.05, 0.1) is 0 Å². The molecule has 3 heteroatoms. The molecule has 0 N–H and O–H groups in total. The van der Waals surface area contributed by atoms with E-state index in [4.69, 9.17) is 4.74 Å². The fraction of sp³-hybridized carbons (Fsp3) is 0.286. The maximum Gasteiger partial charge on any atom is 0.216 e. The van der Waals surface area contributed by atoms with Crippen LogP contribution in [0.25, 0.3) is 0 Å². The zero-order valence-electron chi connectivity index (χ0n) is 10.6. The standard InChI is InChI=1S/C12H12N2O.C2H6/c1-10-7-12(14-9-13-10)15-8-11-5-3-2-4-6-11;1-2/h2-7,9H,8H2,1H3;1-2H3. The minimum absolute atomic E-state index is 0.539. The lowest BCUT2D eigenvalue weighted by Crippen LogP contribution is -1.97. The maximum atomic E-state index is 5.52. The Labute approximate surface area is 103 Å². The molecule has 17 heavy (non-hydrogen) atoms. The van der Waals surface area contributed by atoms with Gasteiger partial charge in [-0.05, 0) is 12.5 Å². The topological polar surface area (TPSA) is 35.0 Å². The Morgan fingerprint density at radius 2 is 1.76 bits per heavy atom. The lowest BCUT2D eigenvalue weighted by molar-refractivity contribution is 0.293. The Kier molecular flexibility index (Phi) is 5.72. The van der Waals surface area contributed by atoms with Crippen molar-refractivity contribution in [3.8, 4) is 5.88 Å². The van der Waals surface area contributed by atoms with Gasteiger partial charge in [0, 0.05) is 11.8 Å². The number of ether oxygens (including phenoxy) is 1. The number of benzene rings is 1. The fourth-order valence-corrected chi connectivity index (χ4v) is 1.24. The van der Waals surface area contributed by atoms with Crippen LogP contribution >= 0.6 is 0 Å². The van der Waals surface area contributed by atoms with Crippen molar-refractivity contribution in [3.63, 3.8) is 0 Å². The molecule has 0 unspecified atom stereocenters. The van der Waals surface area contributed by atoms with Crippen molar-refractivity contribution in [3.05, 3.63) is 54.0 Å². The summed E-state index contributed by atoms with van der Waals surface area (Å²) in [5.74, 6) is 0.617. The molecule has 0 fully saturated rings. The second-order valence-corrected chi connectivity index (χ2v) is 3.27. The summed E-state index contributed by atoms with van der Waals surface area (Å²) in [4.78, 5) is 8.03. The summed E-state index contributed by atoms with van der Waals surface area (Å²) in [6.07, 6.45) is 1.51. The summed E-state index contributed by atoms with van der Waals surface area (Å²) >= 11 is 0. The predicted molar refractivity (Wildman–Crippen MR) is 68.9 cm³/mol. The van der Waals surface area contributed by atoms with Gasteiger partial charge in [0.2, 0.25) is 5.88 Å². The van der Waals surface area contributed by atoms with E-state index < -0.39 is 0 Å². The number of rotatable bonds is 3. The second-order valence-electron chi connectivity index (χ2n) is 3.27. The molecule has 0 aliphatic carbocycles. The van der Waals surface area contributed by atoms with Crippen LogP contribution in [0.2, 0.25) is 0 Å². The first-order valence-electron chi connectivity index (χ1n) is 5.80. The molecule has 0 atom stereocenters. The first kappa shape index (κ1) is 13.2. The van der Waals surface area contributed by atoms with Crippen molar-refractivity contribution in [2.24, 2.45) is 0 Å². The quantitative estimate of drug-likeness (QED) is 0.810. The van der Waals surface area contributed by atoms with E-state index in [1.54, 1.807) is 0 Å². The molecule has 1 aromatic carbocycles. The van der Waals surface area contributed by atoms with E-state index in [1.807, 2.05) is 57.2 Å². The summed E-state index contributed by atoms with van der Waals surface area (Å²) in [6, 6.07) is 11.8. The van der Waals surface area contributed by atoms with Crippen molar-refractivity contribution in [2.75, 3.05) is 0 Å². The van der Waals surface area contributed by atoms with Crippen molar-refractivity contribution in [2.45, 2.75) is 27.4 Å². The Balaban J connectivity index is 0.000000686. The molecule has 0 aliphatic rings. The van der Waals surface area contributed by atoms with E-state index in [9.17, 15) is 0 Å². The minimum atomic E-state index is 0.539. The number of hydrogen-bond donors (Lipinski definition) is 0. The minimum Gasteiger partial charge on any atom is -0.473 e. The van der Waals surface area contributed by atoms with Crippen LogP contribution in [0.4, 0.5) is 0 Å². The first-order valence-corrected chi connectivity index (χ1v) is 5.80. The summed E-state index contributed by atoms with van der Waals surface area (Å²) in [5.41, 5.74) is 2.04. The zero-order valence-corrected chi connectivity index (χ0v) is 10.6. The highest BCUT2D eigenvalue weighted by Gasteiger charge is 1.96. The van der Waals surface area contributed by atoms with Gasteiger partial charge in [0.25, 0.3) is 0 Å². The van der Waals surface area contributed by atoms with Crippen LogP contribution in [0.3, 0.4) is 0 Å². The molecule has 2 aromatic rings. The molecule has 0 aliphatic heterocycles. The number of aromatic nitrogens is 2. The van der Waals surface area contributed by atoms with E-state index in [2.05, 4.69) is 9.97 Å². The third-order valence-corrected chi connectivity index (χ3v) is 2.01. The zero-order chi connectivity index (χ0) is 12.5. The molecule has 0 bridgehead atoms. The van der Waals surface area contributed by atoms with Gasteiger partial charge in [-0.15, -0.1) is 0 Å². The average molecular weight is 230 g/mol. The molecule has 1 heterocycles. The number of hydrogen-bond acceptors (Lipinski definition) is 3. The van der Waals surface area contributed by atoms with Gasteiger partial charge in [0.15, 0.2) is 0 Å². The molecule has 90 valence electrons. The molecule has 0 radical (unpaired) electrons. The Morgan fingerprint density at radius 1 is 1.06 bits per heavy atom. The van der Waals surface area contributed by atoms with Gasteiger partial charge in [-0.3, -0.25) is 0 Å². The highest BCUT2D eigenvalue weighted by Crippen LogP contribution is 2.08. The Morgan fingerprint density at radius 3 is 2.41 bits per heavy atom. The van der Waals surface area contributed by atoms with Crippen molar-refractivity contribution in [1.82, 2.24) is 9.97 Å². The van der Waals surface area contributed by atoms with Gasteiger partial charge in [0.1, 0.15) is 12.9 Å². The Hall–Kier alpha value is -1.90. The van der Waals surface area contributed by atoms with Crippen molar-refractivity contribution in [1.29, 1.82) is 0 Å². The lowest BCUT2D eigenvalue weighted by atomic mass is 10.2. The van der Waals surface area contributed by atoms with Gasteiger partial charge < -0.3 is 4.74 Å². The molecule has 0 saturated carbocycles. The molecule has 2 rings (SSSR count). The predicted octanol–water partition coefficient (Wildman–Crippen LogP) is 3.39. The second kappa shape index (κ2) is 7.39. The summed E-state index contributed by atoms with van der Waals surface area (Å²) in [5, 5.41) is 0. The number of nitrogens with zero attached hydrogens (tertiary/aromatic N) is 2. The Bertz CT molecular complexity index is 429. The fourth-order valence-electron chi connectivity index (χ4n) is 1.24. The van der Waals surface area contributed by atoms with Gasteiger partial charge in [-0.1, -0.05) is 44.2 Å². The van der Waals surface area contributed by atoms with Gasteiger partial charge in [-0.25, -0.2) is 9.97 Å². The van der Waals surface area contributed by atoms with Crippen molar-refractivity contribution < 1.29 is 4.74 Å². The van der Waals surface area contributed by atoms with Crippen LogP contribution in [0.5, 0.6) is 5.88 Å². The van der Waals surface area contributed by atoms with Gasteiger partial charge >= 0.3 is 0 Å². The van der Waals surface area contributed by atoms with Crippen LogP contribution in [0, 0.1) is 6.92 Å². The number of aryl methyl sites for hydroxylation is 1. The van der Waals surface area contributed by atoms with Crippen molar-refractivity contribution >= 4 is 0 Å². The molecular formula is C14H18N2O. The highest BCUT2D eigenvalue weighted by molar-refractivity contribution is 5.16. The molecule has 1 aromatic heterocycles. The maximum absolute atomic E-state index is 5.52. The summed E-state index contributed by atoms with van der Waals surface area (Å²) in [6.45, 7) is 6.45.